The highest BCUT2D eigenvalue weighted by Crippen LogP contribution is 2.24. The molecule has 0 saturated heterocycles. The molecule has 1 aliphatic rings. The van der Waals surface area contributed by atoms with Gasteiger partial charge in [-0.1, -0.05) is 24.3 Å². The van der Waals surface area contributed by atoms with Crippen LogP contribution >= 0.6 is 0 Å². The number of rotatable bonds is 5. The topological polar surface area (TPSA) is 55.4 Å². The number of hydrogen-bond donors (Lipinski definition) is 1. The maximum atomic E-state index is 13.6. The van der Waals surface area contributed by atoms with Crippen molar-refractivity contribution >= 4 is 11.9 Å². The molecule has 0 aromatic heterocycles. The predicted octanol–water partition coefficient (Wildman–Crippen LogP) is 3.88. The Morgan fingerprint density at radius 1 is 1.07 bits per heavy atom. The highest BCUT2D eigenvalue weighted by molar-refractivity contribution is 5.91. The molecule has 2 aromatic carbocycles. The lowest BCUT2D eigenvalue weighted by Crippen LogP contribution is -2.31. The van der Waals surface area contributed by atoms with Gasteiger partial charge in [-0.25, -0.2) is 13.6 Å². The molecule has 142 valence electrons. The molecular weight excluding hydrogens is 352 g/mol. The van der Waals surface area contributed by atoms with E-state index in [0.29, 0.717) is 0 Å². The molecule has 27 heavy (non-hydrogen) atoms. The lowest BCUT2D eigenvalue weighted by molar-refractivity contribution is -0.124. The molecule has 0 spiro atoms. The average Bonchev–Trinajstić information content (AvgIpc) is 2.65. The Hall–Kier alpha value is -2.76. The van der Waals surface area contributed by atoms with Crippen molar-refractivity contribution < 1.29 is 23.1 Å². The Bertz CT molecular complexity index is 846. The number of carbonyl (C=O) groups excluding carboxylic acids is 2. The van der Waals surface area contributed by atoms with Gasteiger partial charge in [0.1, 0.15) is 17.2 Å². The summed E-state index contributed by atoms with van der Waals surface area (Å²) in [6.07, 6.45) is 4.49. The number of carbonyl (C=O) groups is 2. The molecule has 1 N–H and O–H groups in total. The fourth-order valence-electron chi connectivity index (χ4n) is 3.29. The molecule has 0 unspecified atom stereocenters. The van der Waals surface area contributed by atoms with Crippen molar-refractivity contribution in [1.29, 1.82) is 0 Å². The molecule has 3 rings (SSSR count). The zero-order chi connectivity index (χ0) is 19.4. The Kier molecular flexibility index (Phi) is 5.84. The number of aryl methyl sites for hydroxylation is 2. The van der Waals surface area contributed by atoms with E-state index < -0.39 is 35.7 Å². The van der Waals surface area contributed by atoms with Crippen LogP contribution in [0, 0.1) is 11.6 Å². The van der Waals surface area contributed by atoms with Gasteiger partial charge in [0.05, 0.1) is 6.04 Å². The van der Waals surface area contributed by atoms with Gasteiger partial charge in [-0.05, 0) is 61.4 Å². The number of fused-ring (bicyclic) bond motifs is 1. The third-order valence-corrected chi connectivity index (χ3v) is 4.75. The number of amides is 1. The highest BCUT2D eigenvalue weighted by Gasteiger charge is 2.20. The summed E-state index contributed by atoms with van der Waals surface area (Å²) in [4.78, 5) is 23.9. The maximum absolute atomic E-state index is 13.6. The molecule has 0 fully saturated rings. The summed E-state index contributed by atoms with van der Waals surface area (Å²) >= 11 is 0. The Morgan fingerprint density at radius 2 is 1.74 bits per heavy atom. The van der Waals surface area contributed by atoms with Crippen molar-refractivity contribution in [3.05, 3.63) is 70.3 Å². The largest absolute Gasteiger partial charge is 0.452 e. The first-order chi connectivity index (χ1) is 13.0. The summed E-state index contributed by atoms with van der Waals surface area (Å²) in [5.74, 6) is -3.79. The molecule has 1 atom stereocenters. The molecule has 0 heterocycles. The quantitative estimate of drug-likeness (QED) is 0.810. The van der Waals surface area contributed by atoms with Crippen LogP contribution in [0.15, 0.2) is 36.4 Å². The molecule has 6 heteroatoms. The molecule has 0 radical (unpaired) electrons. The zero-order valence-corrected chi connectivity index (χ0v) is 15.1. The monoisotopic (exact) mass is 373 g/mol. The number of hydrogen-bond acceptors (Lipinski definition) is 3. The summed E-state index contributed by atoms with van der Waals surface area (Å²) in [6.45, 7) is 1.22. The van der Waals surface area contributed by atoms with Crippen LogP contribution in [-0.2, 0) is 22.4 Å². The van der Waals surface area contributed by atoms with Gasteiger partial charge in [-0.15, -0.1) is 0 Å². The predicted molar refractivity (Wildman–Crippen MR) is 96.3 cm³/mol. The molecule has 0 saturated carbocycles. The summed E-state index contributed by atoms with van der Waals surface area (Å²) < 4.78 is 31.9. The average molecular weight is 373 g/mol. The van der Waals surface area contributed by atoms with E-state index in [2.05, 4.69) is 17.4 Å². The van der Waals surface area contributed by atoms with E-state index >= 15 is 0 Å². The maximum Gasteiger partial charge on any atom is 0.344 e. The van der Waals surface area contributed by atoms with Crippen molar-refractivity contribution in [2.75, 3.05) is 6.61 Å². The molecule has 1 amide bonds. The Morgan fingerprint density at radius 3 is 2.44 bits per heavy atom. The summed E-state index contributed by atoms with van der Waals surface area (Å²) in [7, 11) is 0. The minimum Gasteiger partial charge on any atom is -0.452 e. The van der Waals surface area contributed by atoms with E-state index in [-0.39, 0.29) is 6.04 Å². The van der Waals surface area contributed by atoms with Gasteiger partial charge < -0.3 is 10.1 Å². The van der Waals surface area contributed by atoms with Crippen LogP contribution in [0.3, 0.4) is 0 Å². The van der Waals surface area contributed by atoms with Gasteiger partial charge in [0, 0.05) is 0 Å². The number of nitrogens with one attached hydrogen (secondary N) is 1. The second-order valence-electron chi connectivity index (χ2n) is 6.70. The van der Waals surface area contributed by atoms with Gasteiger partial charge in [0.2, 0.25) is 0 Å². The van der Waals surface area contributed by atoms with Crippen molar-refractivity contribution in [3.8, 4) is 0 Å². The van der Waals surface area contributed by atoms with Crippen LogP contribution in [0.4, 0.5) is 8.78 Å². The van der Waals surface area contributed by atoms with E-state index in [0.717, 1.165) is 36.6 Å². The number of esters is 1. The fourth-order valence-corrected chi connectivity index (χ4v) is 3.29. The zero-order valence-electron chi connectivity index (χ0n) is 15.1. The van der Waals surface area contributed by atoms with Crippen molar-refractivity contribution in [1.82, 2.24) is 5.32 Å². The first-order valence-electron chi connectivity index (χ1n) is 8.98. The van der Waals surface area contributed by atoms with Gasteiger partial charge in [-0.2, -0.15) is 0 Å². The molecular formula is C21H21F2NO3. The smallest absolute Gasteiger partial charge is 0.344 e. The summed E-state index contributed by atoms with van der Waals surface area (Å²) in [5, 5.41) is 2.74. The first kappa shape index (κ1) is 19.0. The van der Waals surface area contributed by atoms with E-state index in [1.54, 1.807) is 0 Å². The number of halogens is 2. The standard InChI is InChI=1S/C21H21F2NO3/c1-13(15-10-9-14-5-2-3-6-16(14)11-15)24-19(25)12-27-21(26)20-17(22)7-4-8-18(20)23/h4,7-11,13H,2-3,5-6,12H2,1H3,(H,24,25)/t13-/m1/s1. The number of benzene rings is 2. The second kappa shape index (κ2) is 8.29. The van der Waals surface area contributed by atoms with Crippen LogP contribution in [0.1, 0.15) is 52.9 Å². The third kappa shape index (κ3) is 4.51. The summed E-state index contributed by atoms with van der Waals surface area (Å²) in [6, 6.07) is 8.96. The van der Waals surface area contributed by atoms with Crippen LogP contribution in [0.5, 0.6) is 0 Å². The van der Waals surface area contributed by atoms with E-state index in [4.69, 9.17) is 4.74 Å². The van der Waals surface area contributed by atoms with Gasteiger partial charge >= 0.3 is 5.97 Å². The lowest BCUT2D eigenvalue weighted by Gasteiger charge is -2.20. The van der Waals surface area contributed by atoms with Gasteiger partial charge in [0.25, 0.3) is 5.91 Å². The molecule has 0 aliphatic heterocycles. The lowest BCUT2D eigenvalue weighted by atomic mass is 9.89. The minimum absolute atomic E-state index is 0.270. The first-order valence-corrected chi connectivity index (χ1v) is 8.98. The van der Waals surface area contributed by atoms with Gasteiger partial charge in [0.15, 0.2) is 6.61 Å². The van der Waals surface area contributed by atoms with Crippen LogP contribution in [0.25, 0.3) is 0 Å². The third-order valence-electron chi connectivity index (χ3n) is 4.75. The SMILES string of the molecule is C[C@@H](NC(=O)COC(=O)c1c(F)cccc1F)c1ccc2c(c1)CCCC2. The van der Waals surface area contributed by atoms with E-state index in [1.807, 2.05) is 13.0 Å². The van der Waals surface area contributed by atoms with Crippen molar-refractivity contribution in [3.63, 3.8) is 0 Å². The normalized spacial score (nSPS) is 14.2. The minimum atomic E-state index is -1.21. The summed E-state index contributed by atoms with van der Waals surface area (Å²) in [5.41, 5.74) is 2.83. The van der Waals surface area contributed by atoms with Crippen molar-refractivity contribution in [2.45, 2.75) is 38.6 Å². The molecule has 1 aliphatic carbocycles. The molecule has 4 nitrogen and oxygen atoms in total. The van der Waals surface area contributed by atoms with Gasteiger partial charge in [-0.3, -0.25) is 4.79 Å². The van der Waals surface area contributed by atoms with E-state index in [1.165, 1.54) is 24.0 Å². The van der Waals surface area contributed by atoms with Crippen LogP contribution in [-0.4, -0.2) is 18.5 Å². The Balaban J connectivity index is 1.57. The second-order valence-corrected chi connectivity index (χ2v) is 6.70. The Labute approximate surface area is 156 Å². The number of ether oxygens (including phenoxy) is 1. The van der Waals surface area contributed by atoms with E-state index in [9.17, 15) is 18.4 Å². The highest BCUT2D eigenvalue weighted by atomic mass is 19.1. The molecule has 0 bridgehead atoms. The van der Waals surface area contributed by atoms with Crippen LogP contribution < -0.4 is 5.32 Å². The van der Waals surface area contributed by atoms with Crippen molar-refractivity contribution in [2.24, 2.45) is 0 Å². The molecule has 2 aromatic rings. The fraction of sp³-hybridized carbons (Fsp3) is 0.333. The van der Waals surface area contributed by atoms with Crippen LogP contribution in [0.2, 0.25) is 0 Å².